The molecule has 3 N–H and O–H groups in total. The van der Waals surface area contributed by atoms with Crippen molar-refractivity contribution in [2.24, 2.45) is 0 Å². The molecule has 16 nitrogen and oxygen atoms in total. The Labute approximate surface area is 435 Å². The summed E-state index contributed by atoms with van der Waals surface area (Å²) in [5.41, 5.74) is 0.524. The highest BCUT2D eigenvalue weighted by Gasteiger charge is 2.58. The van der Waals surface area contributed by atoms with Crippen LogP contribution < -0.4 is 15.7 Å². The smallest absolute Gasteiger partial charge is 0.338 e. The summed E-state index contributed by atoms with van der Waals surface area (Å²) in [4.78, 5) is 68.4. The summed E-state index contributed by atoms with van der Waals surface area (Å²) in [6.45, 7) is 6.42. The van der Waals surface area contributed by atoms with Crippen LogP contribution in [0.1, 0.15) is 69.1 Å². The minimum absolute atomic E-state index is 0.0994. The maximum absolute atomic E-state index is 14.2. The molecule has 8 rings (SSSR count). The second-order valence-corrected chi connectivity index (χ2v) is 23.4. The molecule has 0 unspecified atom stereocenters. The predicted molar refractivity (Wildman–Crippen MR) is 275 cm³/mol. The van der Waals surface area contributed by atoms with Crippen LogP contribution in [0.3, 0.4) is 0 Å². The number of esters is 4. The van der Waals surface area contributed by atoms with Crippen molar-refractivity contribution in [1.29, 1.82) is 0 Å². The van der Waals surface area contributed by atoms with Gasteiger partial charge in [-0.15, -0.1) is 0 Å². The second kappa shape index (κ2) is 24.3. The van der Waals surface area contributed by atoms with E-state index in [1.165, 1.54) is 55.5 Å². The van der Waals surface area contributed by atoms with Gasteiger partial charge in [-0.3, -0.25) is 4.79 Å². The Morgan fingerprint density at radius 2 is 1.00 bits per heavy atom. The van der Waals surface area contributed by atoms with E-state index in [1.807, 2.05) is 60.7 Å². The average molecular weight is 1040 g/mol. The van der Waals surface area contributed by atoms with Crippen LogP contribution in [0.5, 0.6) is 0 Å². The molecule has 6 aromatic carbocycles. The first kappa shape index (κ1) is 53.9. The lowest BCUT2D eigenvalue weighted by Crippen LogP contribution is -2.70. The van der Waals surface area contributed by atoms with E-state index in [9.17, 15) is 34.2 Å². The van der Waals surface area contributed by atoms with E-state index in [1.54, 1.807) is 72.8 Å². The Bertz CT molecular complexity index is 2800. The van der Waals surface area contributed by atoms with Gasteiger partial charge in [0.15, 0.2) is 30.9 Å². The predicted octanol–water partition coefficient (Wildman–Crippen LogP) is 5.79. The lowest BCUT2D eigenvalue weighted by atomic mass is 9.96. The fraction of sp³-hybridized carbons (Fsp3) is 0.293. The molecule has 0 spiro atoms. The van der Waals surface area contributed by atoms with Crippen LogP contribution in [0, 0.1) is 0 Å². The van der Waals surface area contributed by atoms with E-state index >= 15 is 0 Å². The Hall–Kier alpha value is -7.35. The molecule has 2 aliphatic heterocycles. The van der Waals surface area contributed by atoms with Gasteiger partial charge in [-0.05, 0) is 63.9 Å². The third-order valence-electron chi connectivity index (χ3n) is 13.0. The van der Waals surface area contributed by atoms with Gasteiger partial charge in [-0.25, -0.2) is 19.2 Å². The first-order valence-corrected chi connectivity index (χ1v) is 26.4. The molecule has 17 heteroatoms. The van der Waals surface area contributed by atoms with E-state index in [4.69, 9.17) is 37.6 Å². The molecule has 0 radical (unpaired) electrons. The van der Waals surface area contributed by atoms with E-state index in [-0.39, 0.29) is 28.9 Å². The highest BCUT2D eigenvalue weighted by atomic mass is 28.4. The monoisotopic (exact) mass is 1040 g/mol. The number of carbonyl (C=O) groups excluding carboxylic acids is 5. The maximum Gasteiger partial charge on any atom is 0.338 e. The van der Waals surface area contributed by atoms with Gasteiger partial charge < -0.3 is 53.1 Å². The van der Waals surface area contributed by atoms with E-state index < -0.39 is 111 Å². The zero-order valence-electron chi connectivity index (χ0n) is 41.7. The van der Waals surface area contributed by atoms with Crippen LogP contribution >= 0.6 is 0 Å². The third-order valence-corrected chi connectivity index (χ3v) is 18.0. The molecule has 0 bridgehead atoms. The van der Waals surface area contributed by atoms with Crippen molar-refractivity contribution in [3.8, 4) is 0 Å². The number of carbonyl (C=O) groups is 5. The molecule has 1 amide bonds. The molecular weight excluding hydrogens is 979 g/mol. The van der Waals surface area contributed by atoms with Crippen LogP contribution in [0.4, 0.5) is 0 Å². The molecule has 10 atom stereocenters. The summed E-state index contributed by atoms with van der Waals surface area (Å²) in [5, 5.41) is 28.3. The SMILES string of the molecule is CC(=O)N[C@@H]1[C@@H](OC(=O)c2ccccc2)[C@H](O[C@@H]2O[C@@H]([C@@H](COC(=O)c3ccccc3)OC(=O)c3ccccc3)[C@H](OC(=O)c3ccccc3)[C@H]2O)[C@@H](CO[Si](c2ccccc2)(c2ccccc2)C(C)(C)C)O[C@@H]1O. The van der Waals surface area contributed by atoms with Crippen molar-refractivity contribution >= 4 is 48.5 Å². The Morgan fingerprint density at radius 1 is 0.573 bits per heavy atom. The average Bonchev–Trinajstić information content (AvgIpc) is 3.73. The molecule has 390 valence electrons. The lowest BCUT2D eigenvalue weighted by molar-refractivity contribution is -0.299. The van der Waals surface area contributed by atoms with Crippen LogP contribution in [0.25, 0.3) is 0 Å². The minimum Gasteiger partial charge on any atom is -0.458 e. The molecule has 0 aliphatic carbocycles. The van der Waals surface area contributed by atoms with E-state index in [0.717, 1.165) is 10.4 Å². The van der Waals surface area contributed by atoms with Gasteiger partial charge >= 0.3 is 23.9 Å². The van der Waals surface area contributed by atoms with E-state index in [2.05, 4.69) is 26.1 Å². The lowest BCUT2D eigenvalue weighted by Gasteiger charge is -2.47. The van der Waals surface area contributed by atoms with Crippen molar-refractivity contribution in [3.63, 3.8) is 0 Å². The number of aliphatic hydroxyl groups is 2. The summed E-state index contributed by atoms with van der Waals surface area (Å²) in [7, 11) is -3.39. The summed E-state index contributed by atoms with van der Waals surface area (Å²) in [6, 6.07) is 49.9. The molecule has 2 heterocycles. The zero-order chi connectivity index (χ0) is 53.1. The summed E-state index contributed by atoms with van der Waals surface area (Å²) >= 11 is 0. The highest BCUT2D eigenvalue weighted by Crippen LogP contribution is 2.39. The molecule has 2 fully saturated rings. The number of amides is 1. The van der Waals surface area contributed by atoms with Gasteiger partial charge in [0.1, 0.15) is 37.1 Å². The number of hydrogen-bond acceptors (Lipinski definition) is 15. The van der Waals surface area contributed by atoms with Crippen molar-refractivity contribution in [3.05, 3.63) is 204 Å². The Balaban J connectivity index is 1.21. The number of ether oxygens (including phenoxy) is 7. The van der Waals surface area contributed by atoms with Crippen LogP contribution in [-0.2, 0) is 42.4 Å². The van der Waals surface area contributed by atoms with Gasteiger partial charge in [0.25, 0.3) is 8.32 Å². The third kappa shape index (κ3) is 12.6. The van der Waals surface area contributed by atoms with Gasteiger partial charge in [0.05, 0.1) is 28.9 Å². The van der Waals surface area contributed by atoms with Crippen molar-refractivity contribution in [1.82, 2.24) is 5.32 Å². The molecule has 0 saturated carbocycles. The highest BCUT2D eigenvalue weighted by molar-refractivity contribution is 6.99. The largest absolute Gasteiger partial charge is 0.458 e. The number of hydrogen-bond donors (Lipinski definition) is 3. The van der Waals surface area contributed by atoms with Gasteiger partial charge in [0.2, 0.25) is 5.91 Å². The standard InChI is InChI=1S/C58H59NO15Si/c1-37(60)59-46-50(71-54(64)40-27-15-7-16-28-40)48(45(70-56(46)66)36-68-75(58(2,3)4,42-31-19-9-20-32-42)43-33-21-10-22-34-43)73-57-47(61)51(72-55(65)41-29-17-8-18-30-41)49(74-57)44(69-53(63)39-25-13-6-14-26-39)35-67-52(62)38-23-11-5-12-24-38/h5-34,44-51,56-57,61,66H,35-36H2,1-4H3,(H,59,60)/t44-,45-,46-,47-,48-,49+,50-,51-,56+,57-/m1/s1. The fourth-order valence-electron chi connectivity index (χ4n) is 9.40. The first-order chi connectivity index (χ1) is 36.1. The van der Waals surface area contributed by atoms with Crippen LogP contribution in [-0.4, -0.2) is 123 Å². The van der Waals surface area contributed by atoms with Gasteiger partial charge in [0, 0.05) is 6.92 Å². The minimum atomic E-state index is -3.39. The molecule has 2 saturated heterocycles. The topological polar surface area (TPSA) is 212 Å². The number of aliphatic hydroxyl groups excluding tert-OH is 2. The Kier molecular flexibility index (Phi) is 17.5. The van der Waals surface area contributed by atoms with E-state index in [0.29, 0.717) is 0 Å². The van der Waals surface area contributed by atoms with Crippen molar-refractivity contribution in [2.45, 2.75) is 94.1 Å². The molecule has 75 heavy (non-hydrogen) atoms. The molecule has 6 aromatic rings. The quantitative estimate of drug-likeness (QED) is 0.0529. The summed E-state index contributed by atoms with van der Waals surface area (Å²) in [5.74, 6) is -4.03. The Morgan fingerprint density at radius 3 is 1.45 bits per heavy atom. The molecular formula is C58H59NO15Si. The number of benzene rings is 6. The first-order valence-electron chi connectivity index (χ1n) is 24.5. The second-order valence-electron chi connectivity index (χ2n) is 19.1. The summed E-state index contributed by atoms with van der Waals surface area (Å²) in [6.07, 6.45) is -15.0. The van der Waals surface area contributed by atoms with Crippen molar-refractivity contribution < 1.29 is 71.8 Å². The van der Waals surface area contributed by atoms with Crippen molar-refractivity contribution in [2.75, 3.05) is 13.2 Å². The normalized spacial score (nSPS) is 23.0. The molecule has 2 aliphatic rings. The molecule has 0 aromatic heterocycles. The van der Waals surface area contributed by atoms with Gasteiger partial charge in [-0.2, -0.15) is 0 Å². The number of rotatable bonds is 18. The van der Waals surface area contributed by atoms with Crippen LogP contribution in [0.15, 0.2) is 182 Å². The number of nitrogens with one attached hydrogen (secondary N) is 1. The van der Waals surface area contributed by atoms with Crippen LogP contribution in [0.2, 0.25) is 5.04 Å². The summed E-state index contributed by atoms with van der Waals surface area (Å²) < 4.78 is 51.0. The maximum atomic E-state index is 14.2. The van der Waals surface area contributed by atoms with Gasteiger partial charge in [-0.1, -0.05) is 154 Å². The fourth-order valence-corrected chi connectivity index (χ4v) is 14.0. The zero-order valence-corrected chi connectivity index (χ0v) is 42.7.